The number of carbonyl (C=O) groups excluding carboxylic acids is 1. The third-order valence-corrected chi connectivity index (χ3v) is 4.93. The maximum Gasteiger partial charge on any atom is 0.234 e. The molecule has 1 aromatic heterocycles. The molecule has 3 aromatic rings. The number of rotatable bonds is 6. The van der Waals surface area contributed by atoms with Crippen LogP contribution in [0.5, 0.6) is 0 Å². The molecule has 5 nitrogen and oxygen atoms in total. The van der Waals surface area contributed by atoms with Gasteiger partial charge in [-0.3, -0.25) is 4.79 Å². The van der Waals surface area contributed by atoms with Gasteiger partial charge in [-0.25, -0.2) is 4.98 Å². The Kier molecular flexibility index (Phi) is 5.36. The van der Waals surface area contributed by atoms with E-state index in [1.807, 2.05) is 55.5 Å². The number of nitriles is 1. The van der Waals surface area contributed by atoms with E-state index in [2.05, 4.69) is 21.4 Å². The van der Waals surface area contributed by atoms with Gasteiger partial charge < -0.3 is 10.3 Å². The van der Waals surface area contributed by atoms with Gasteiger partial charge in [-0.05, 0) is 36.8 Å². The second-order valence-corrected chi connectivity index (χ2v) is 7.00. The van der Waals surface area contributed by atoms with Gasteiger partial charge in [0.25, 0.3) is 0 Å². The van der Waals surface area contributed by atoms with Crippen LogP contribution in [0.15, 0.2) is 48.5 Å². The van der Waals surface area contributed by atoms with Crippen LogP contribution in [0.25, 0.3) is 11.0 Å². The van der Waals surface area contributed by atoms with Crippen LogP contribution in [-0.4, -0.2) is 21.6 Å². The zero-order valence-electron chi connectivity index (χ0n) is 13.8. The van der Waals surface area contributed by atoms with Crippen LogP contribution < -0.4 is 5.32 Å². The van der Waals surface area contributed by atoms with Gasteiger partial charge >= 0.3 is 0 Å². The van der Waals surface area contributed by atoms with Crippen molar-refractivity contribution in [2.45, 2.75) is 18.6 Å². The smallest absolute Gasteiger partial charge is 0.234 e. The highest BCUT2D eigenvalue weighted by Gasteiger charge is 2.13. The number of nitrogens with one attached hydrogen (secondary N) is 2. The van der Waals surface area contributed by atoms with Crippen LogP contribution in [0.2, 0.25) is 0 Å². The van der Waals surface area contributed by atoms with Gasteiger partial charge in [0.15, 0.2) is 0 Å². The number of hydrogen-bond donors (Lipinski definition) is 2. The van der Waals surface area contributed by atoms with Crippen molar-refractivity contribution in [3.8, 4) is 6.07 Å². The van der Waals surface area contributed by atoms with Crippen LogP contribution in [0.4, 0.5) is 5.69 Å². The summed E-state index contributed by atoms with van der Waals surface area (Å²) in [6.45, 7) is 2.03. The summed E-state index contributed by atoms with van der Waals surface area (Å²) in [5, 5.41) is 11.6. The molecule has 1 atom stereocenters. The Balaban J connectivity index is 1.53. The Labute approximate surface area is 150 Å². The predicted molar refractivity (Wildman–Crippen MR) is 101 cm³/mol. The van der Waals surface area contributed by atoms with Crippen LogP contribution in [0.3, 0.4) is 0 Å². The Bertz CT molecular complexity index is 878. The molecule has 0 aliphatic rings. The van der Waals surface area contributed by atoms with Crippen LogP contribution in [0.1, 0.15) is 23.6 Å². The van der Waals surface area contributed by atoms with Crippen molar-refractivity contribution in [2.75, 3.05) is 11.1 Å². The number of thioether (sulfide) groups is 1. The molecule has 126 valence electrons. The van der Waals surface area contributed by atoms with Gasteiger partial charge in [-0.2, -0.15) is 5.26 Å². The molecular weight excluding hydrogens is 332 g/mol. The monoisotopic (exact) mass is 350 g/mol. The molecule has 0 aliphatic carbocycles. The Hall–Kier alpha value is -2.78. The summed E-state index contributed by atoms with van der Waals surface area (Å²) in [4.78, 5) is 20.0. The van der Waals surface area contributed by atoms with Gasteiger partial charge in [0.1, 0.15) is 5.82 Å². The molecule has 0 saturated heterocycles. The number of carbonyl (C=O) groups is 1. The lowest BCUT2D eigenvalue weighted by Crippen LogP contribution is -2.14. The third kappa shape index (κ3) is 4.40. The summed E-state index contributed by atoms with van der Waals surface area (Å²) < 4.78 is 0. The summed E-state index contributed by atoms with van der Waals surface area (Å²) in [5.41, 5.74) is 3.62. The van der Waals surface area contributed by atoms with Crippen molar-refractivity contribution in [2.24, 2.45) is 0 Å². The summed E-state index contributed by atoms with van der Waals surface area (Å²) in [5.74, 6) is 1.17. The molecule has 0 radical (unpaired) electrons. The molecule has 1 heterocycles. The molecule has 0 saturated carbocycles. The maximum atomic E-state index is 12.1. The number of nitrogens with zero attached hydrogens (tertiary/aromatic N) is 2. The molecule has 0 bridgehead atoms. The molecule has 0 spiro atoms. The van der Waals surface area contributed by atoms with Crippen molar-refractivity contribution < 1.29 is 4.79 Å². The highest BCUT2D eigenvalue weighted by molar-refractivity contribution is 8.00. The lowest BCUT2D eigenvalue weighted by atomic mass is 10.1. The minimum Gasteiger partial charge on any atom is -0.341 e. The molecule has 1 amide bonds. The number of H-pyrrole nitrogens is 1. The fraction of sp³-hybridized carbons (Fsp3) is 0.211. The third-order valence-electron chi connectivity index (χ3n) is 3.78. The number of aromatic amines is 1. The lowest BCUT2D eigenvalue weighted by molar-refractivity contribution is -0.113. The molecule has 2 aromatic carbocycles. The van der Waals surface area contributed by atoms with Gasteiger partial charge in [0.2, 0.25) is 5.91 Å². The molecule has 3 rings (SSSR count). The number of hydrogen-bond acceptors (Lipinski definition) is 4. The number of fused-ring (bicyclic) bond motifs is 1. The maximum absolute atomic E-state index is 12.1. The van der Waals surface area contributed by atoms with E-state index in [0.717, 1.165) is 28.1 Å². The first kappa shape index (κ1) is 17.1. The zero-order chi connectivity index (χ0) is 17.6. The topological polar surface area (TPSA) is 81.6 Å². The number of imidazole rings is 1. The van der Waals surface area contributed by atoms with Gasteiger partial charge in [-0.1, -0.05) is 24.3 Å². The number of aromatic nitrogens is 2. The fourth-order valence-corrected chi connectivity index (χ4v) is 3.18. The summed E-state index contributed by atoms with van der Waals surface area (Å²) in [6.07, 6.45) is 0.374. The van der Waals surface area contributed by atoms with E-state index in [4.69, 9.17) is 5.26 Å². The van der Waals surface area contributed by atoms with Crippen LogP contribution in [0, 0.1) is 11.3 Å². The van der Waals surface area contributed by atoms with Crippen LogP contribution >= 0.6 is 11.8 Å². The SMILES string of the molecule is C[C@H](SCC(=O)Nc1ccc(CC#N)cc1)c1nc2ccccc2[nH]1. The minimum atomic E-state index is -0.0546. The van der Waals surface area contributed by atoms with Crippen molar-refractivity contribution in [3.63, 3.8) is 0 Å². The second-order valence-electron chi connectivity index (χ2n) is 5.67. The number of benzene rings is 2. The van der Waals surface area contributed by atoms with Gasteiger partial charge in [-0.15, -0.1) is 11.8 Å². The predicted octanol–water partition coefficient (Wildman–Crippen LogP) is 4.06. The van der Waals surface area contributed by atoms with E-state index in [-0.39, 0.29) is 11.2 Å². The van der Waals surface area contributed by atoms with Crippen LogP contribution in [-0.2, 0) is 11.2 Å². The first-order valence-corrected chi connectivity index (χ1v) is 9.02. The van der Waals surface area contributed by atoms with Gasteiger partial charge in [0.05, 0.1) is 34.5 Å². The normalized spacial score (nSPS) is 11.8. The molecule has 0 unspecified atom stereocenters. The Morgan fingerprint density at radius 3 is 2.76 bits per heavy atom. The van der Waals surface area contributed by atoms with E-state index in [0.29, 0.717) is 12.2 Å². The Morgan fingerprint density at radius 2 is 2.04 bits per heavy atom. The van der Waals surface area contributed by atoms with Crippen molar-refractivity contribution in [3.05, 3.63) is 59.9 Å². The first-order valence-electron chi connectivity index (χ1n) is 7.97. The summed E-state index contributed by atoms with van der Waals surface area (Å²) in [6, 6.07) is 17.3. The second kappa shape index (κ2) is 7.86. The number of anilines is 1. The molecule has 0 fully saturated rings. The average molecular weight is 350 g/mol. The van der Waals surface area contributed by atoms with Crippen molar-refractivity contribution in [1.82, 2.24) is 9.97 Å². The number of amides is 1. The van der Waals surface area contributed by atoms with Gasteiger partial charge in [0, 0.05) is 5.69 Å². The molecule has 6 heteroatoms. The highest BCUT2D eigenvalue weighted by Crippen LogP contribution is 2.27. The Morgan fingerprint density at radius 1 is 1.28 bits per heavy atom. The molecule has 25 heavy (non-hydrogen) atoms. The lowest BCUT2D eigenvalue weighted by Gasteiger charge is -2.09. The molecular formula is C19H18N4OS. The number of para-hydroxylation sites is 2. The van der Waals surface area contributed by atoms with E-state index in [9.17, 15) is 4.79 Å². The first-order chi connectivity index (χ1) is 12.2. The largest absolute Gasteiger partial charge is 0.341 e. The van der Waals surface area contributed by atoms with E-state index >= 15 is 0 Å². The van der Waals surface area contributed by atoms with E-state index in [1.54, 1.807) is 0 Å². The highest BCUT2D eigenvalue weighted by atomic mass is 32.2. The van der Waals surface area contributed by atoms with E-state index < -0.39 is 0 Å². The minimum absolute atomic E-state index is 0.0546. The average Bonchev–Trinajstić information content (AvgIpc) is 3.06. The van der Waals surface area contributed by atoms with Crippen molar-refractivity contribution in [1.29, 1.82) is 5.26 Å². The van der Waals surface area contributed by atoms with E-state index in [1.165, 1.54) is 11.8 Å². The summed E-state index contributed by atoms with van der Waals surface area (Å²) in [7, 11) is 0. The van der Waals surface area contributed by atoms with Crippen molar-refractivity contribution >= 4 is 34.4 Å². The molecule has 0 aliphatic heterocycles. The standard InChI is InChI=1S/C19H18N4OS/c1-13(19-22-16-4-2-3-5-17(16)23-19)25-12-18(24)21-15-8-6-14(7-9-15)10-11-20/h2-9,13H,10,12H2,1H3,(H,21,24)(H,22,23)/t13-/m0/s1. The fourth-order valence-electron chi connectivity index (χ4n) is 2.44. The zero-order valence-corrected chi connectivity index (χ0v) is 14.6. The quantitative estimate of drug-likeness (QED) is 0.702. The molecule has 2 N–H and O–H groups in total. The summed E-state index contributed by atoms with van der Waals surface area (Å²) >= 11 is 1.53.